The number of benzene rings is 2. The second-order valence-electron chi connectivity index (χ2n) is 6.40. The van der Waals surface area contributed by atoms with E-state index in [9.17, 15) is 15.0 Å². The van der Waals surface area contributed by atoms with Crippen LogP contribution in [0.1, 0.15) is 36.0 Å². The quantitative estimate of drug-likeness (QED) is 0.905. The number of piperidine rings is 1. The molecule has 2 aromatic carbocycles. The minimum absolute atomic E-state index is 0.376. The van der Waals surface area contributed by atoms with Crippen LogP contribution in [-0.2, 0) is 10.4 Å². The van der Waals surface area contributed by atoms with Crippen molar-refractivity contribution in [3.8, 4) is 0 Å². The molecule has 2 aromatic rings. The Hall–Kier alpha value is -2.33. The number of nitrogens with zero attached hydrogens (tertiary/aromatic N) is 1. The molecule has 24 heavy (non-hydrogen) atoms. The average Bonchev–Trinajstić information content (AvgIpc) is 2.62. The van der Waals surface area contributed by atoms with Crippen LogP contribution in [0.5, 0.6) is 0 Å². The van der Waals surface area contributed by atoms with Gasteiger partial charge < -0.3 is 15.1 Å². The van der Waals surface area contributed by atoms with Crippen LogP contribution in [0.25, 0.3) is 0 Å². The van der Waals surface area contributed by atoms with Gasteiger partial charge in [0.25, 0.3) is 0 Å². The molecule has 0 amide bonds. The number of carboxylic acid groups (broad SMARTS) is 1. The van der Waals surface area contributed by atoms with Gasteiger partial charge in [-0.2, -0.15) is 0 Å². The summed E-state index contributed by atoms with van der Waals surface area (Å²) in [6.45, 7) is 3.76. The molecule has 0 bridgehead atoms. The lowest BCUT2D eigenvalue weighted by Crippen LogP contribution is -2.40. The third kappa shape index (κ3) is 2.78. The predicted octanol–water partition coefficient (Wildman–Crippen LogP) is 3.31. The van der Waals surface area contributed by atoms with Gasteiger partial charge in [-0.3, -0.25) is 0 Å². The summed E-state index contributed by atoms with van der Waals surface area (Å²) in [5.74, 6) is -1.25. The Kier molecular flexibility index (Phi) is 4.58. The number of aliphatic carboxylic acids is 1. The van der Waals surface area contributed by atoms with E-state index in [1.807, 2.05) is 25.1 Å². The molecule has 4 heteroatoms. The van der Waals surface area contributed by atoms with Gasteiger partial charge in [0.05, 0.1) is 0 Å². The fourth-order valence-corrected chi connectivity index (χ4v) is 3.56. The largest absolute Gasteiger partial charge is 0.479 e. The summed E-state index contributed by atoms with van der Waals surface area (Å²) in [6.07, 6.45) is 3.37. The highest BCUT2D eigenvalue weighted by Gasteiger charge is 2.43. The number of anilines is 1. The first kappa shape index (κ1) is 16.5. The topological polar surface area (TPSA) is 60.8 Å². The minimum Gasteiger partial charge on any atom is -0.479 e. The number of aliphatic hydroxyl groups is 1. The van der Waals surface area contributed by atoms with E-state index >= 15 is 0 Å². The average molecular weight is 325 g/mol. The predicted molar refractivity (Wildman–Crippen MR) is 94.3 cm³/mol. The maximum Gasteiger partial charge on any atom is 0.345 e. The van der Waals surface area contributed by atoms with E-state index in [1.54, 1.807) is 30.3 Å². The second-order valence-corrected chi connectivity index (χ2v) is 6.40. The molecule has 1 atom stereocenters. The maximum absolute atomic E-state index is 12.1. The summed E-state index contributed by atoms with van der Waals surface area (Å²) in [6, 6.07) is 14.2. The van der Waals surface area contributed by atoms with Gasteiger partial charge in [-0.1, -0.05) is 48.5 Å². The van der Waals surface area contributed by atoms with E-state index < -0.39 is 11.6 Å². The normalized spacial score (nSPS) is 17.3. The van der Waals surface area contributed by atoms with Gasteiger partial charge in [0.1, 0.15) is 0 Å². The van der Waals surface area contributed by atoms with Crippen molar-refractivity contribution in [1.29, 1.82) is 0 Å². The lowest BCUT2D eigenvalue weighted by molar-refractivity contribution is -0.155. The summed E-state index contributed by atoms with van der Waals surface area (Å²) in [5, 5.41) is 21.1. The molecule has 4 nitrogen and oxygen atoms in total. The number of para-hydroxylation sites is 1. The Morgan fingerprint density at radius 1 is 1.00 bits per heavy atom. The number of aryl methyl sites for hydroxylation is 1. The van der Waals surface area contributed by atoms with Crippen LogP contribution >= 0.6 is 0 Å². The van der Waals surface area contributed by atoms with Crippen molar-refractivity contribution in [1.82, 2.24) is 0 Å². The molecule has 2 N–H and O–H groups in total. The van der Waals surface area contributed by atoms with Crippen molar-refractivity contribution in [2.24, 2.45) is 0 Å². The van der Waals surface area contributed by atoms with E-state index in [-0.39, 0.29) is 0 Å². The van der Waals surface area contributed by atoms with Crippen LogP contribution in [0, 0.1) is 6.92 Å². The van der Waals surface area contributed by atoms with Crippen LogP contribution in [0.3, 0.4) is 0 Å². The minimum atomic E-state index is -2.06. The van der Waals surface area contributed by atoms with Gasteiger partial charge in [-0.05, 0) is 37.3 Å². The molecule has 1 aliphatic heterocycles. The molecule has 3 rings (SSSR count). The van der Waals surface area contributed by atoms with Gasteiger partial charge in [0.15, 0.2) is 0 Å². The zero-order valence-corrected chi connectivity index (χ0v) is 13.9. The molecule has 0 aromatic heterocycles. The van der Waals surface area contributed by atoms with Gasteiger partial charge in [0.2, 0.25) is 5.60 Å². The number of carboxylic acids is 1. The highest BCUT2D eigenvalue weighted by molar-refractivity contribution is 5.87. The second kappa shape index (κ2) is 6.65. The summed E-state index contributed by atoms with van der Waals surface area (Å²) in [7, 11) is 0. The summed E-state index contributed by atoms with van der Waals surface area (Å²) >= 11 is 0. The highest BCUT2D eigenvalue weighted by atomic mass is 16.4. The third-order valence-corrected chi connectivity index (χ3v) is 4.80. The molecule has 1 fully saturated rings. The molecule has 1 saturated heterocycles. The fraction of sp³-hybridized carbons (Fsp3) is 0.350. The van der Waals surface area contributed by atoms with Gasteiger partial charge in [0, 0.05) is 24.3 Å². The Labute approximate surface area is 142 Å². The molecule has 0 radical (unpaired) electrons. The maximum atomic E-state index is 12.1. The number of carbonyl (C=O) groups is 1. The van der Waals surface area contributed by atoms with Crippen molar-refractivity contribution < 1.29 is 15.0 Å². The number of hydrogen-bond acceptors (Lipinski definition) is 3. The first-order valence-electron chi connectivity index (χ1n) is 8.41. The molecule has 1 heterocycles. The van der Waals surface area contributed by atoms with E-state index in [4.69, 9.17) is 0 Å². The van der Waals surface area contributed by atoms with Crippen molar-refractivity contribution in [3.63, 3.8) is 0 Å². The monoisotopic (exact) mass is 325 g/mol. The molecular formula is C20H23NO3. The van der Waals surface area contributed by atoms with Crippen LogP contribution < -0.4 is 4.90 Å². The Balaban J connectivity index is 2.19. The lowest BCUT2D eigenvalue weighted by atomic mass is 9.83. The van der Waals surface area contributed by atoms with Crippen molar-refractivity contribution in [2.45, 2.75) is 31.8 Å². The van der Waals surface area contributed by atoms with Crippen LogP contribution in [0.2, 0.25) is 0 Å². The zero-order valence-electron chi connectivity index (χ0n) is 13.9. The van der Waals surface area contributed by atoms with Crippen LogP contribution in [-0.4, -0.2) is 29.3 Å². The van der Waals surface area contributed by atoms with Gasteiger partial charge >= 0.3 is 5.97 Å². The molecule has 1 unspecified atom stereocenters. The SMILES string of the molecule is Cc1cccc(C(O)(C(=O)O)c2ccccc2)c1N1CCCCC1. The van der Waals surface area contributed by atoms with E-state index in [2.05, 4.69) is 4.90 Å². The highest BCUT2D eigenvalue weighted by Crippen LogP contribution is 2.39. The zero-order chi connectivity index (χ0) is 17.2. The standard InChI is InChI=1S/C20H23NO3/c1-15-9-8-12-17(18(15)21-13-6-3-7-14-21)20(24,19(22)23)16-10-4-2-5-11-16/h2,4-5,8-12,24H,3,6-7,13-14H2,1H3,(H,22,23). The molecule has 0 spiro atoms. The first-order chi connectivity index (χ1) is 11.5. The van der Waals surface area contributed by atoms with E-state index in [0.29, 0.717) is 11.1 Å². The molecule has 126 valence electrons. The Bertz CT molecular complexity index is 723. The third-order valence-electron chi connectivity index (χ3n) is 4.80. The molecule has 0 aliphatic carbocycles. The number of hydrogen-bond donors (Lipinski definition) is 2. The smallest absolute Gasteiger partial charge is 0.345 e. The summed E-state index contributed by atoms with van der Waals surface area (Å²) < 4.78 is 0. The van der Waals surface area contributed by atoms with Crippen LogP contribution in [0.4, 0.5) is 5.69 Å². The van der Waals surface area contributed by atoms with E-state index in [0.717, 1.165) is 37.2 Å². The Morgan fingerprint density at radius 2 is 1.67 bits per heavy atom. The fourth-order valence-electron chi connectivity index (χ4n) is 3.56. The van der Waals surface area contributed by atoms with Crippen molar-refractivity contribution >= 4 is 11.7 Å². The molecular weight excluding hydrogens is 302 g/mol. The van der Waals surface area contributed by atoms with Gasteiger partial charge in [-0.15, -0.1) is 0 Å². The van der Waals surface area contributed by atoms with Crippen LogP contribution in [0.15, 0.2) is 48.5 Å². The Morgan fingerprint density at radius 3 is 2.29 bits per heavy atom. The van der Waals surface area contributed by atoms with Gasteiger partial charge in [-0.25, -0.2) is 4.79 Å². The summed E-state index contributed by atoms with van der Waals surface area (Å²) in [4.78, 5) is 14.3. The van der Waals surface area contributed by atoms with Crippen molar-refractivity contribution in [2.75, 3.05) is 18.0 Å². The lowest BCUT2D eigenvalue weighted by Gasteiger charge is -2.35. The first-order valence-corrected chi connectivity index (χ1v) is 8.41. The molecule has 1 aliphatic rings. The molecule has 0 saturated carbocycles. The summed E-state index contributed by atoms with van der Waals surface area (Å²) in [5.41, 5.74) is 0.612. The van der Waals surface area contributed by atoms with E-state index in [1.165, 1.54) is 6.42 Å². The number of rotatable bonds is 4. The van der Waals surface area contributed by atoms with Crippen molar-refractivity contribution in [3.05, 3.63) is 65.2 Å².